The molecular formula is C24H16Br2Te. The van der Waals surface area contributed by atoms with Crippen LogP contribution in [0.4, 0.5) is 0 Å². The number of halogens is 2. The summed E-state index contributed by atoms with van der Waals surface area (Å²) < 4.78 is 5.82. The quantitative estimate of drug-likeness (QED) is 0.271. The van der Waals surface area contributed by atoms with Crippen LogP contribution in [0.5, 0.6) is 0 Å². The van der Waals surface area contributed by atoms with Gasteiger partial charge in [-0.2, -0.15) is 0 Å². The van der Waals surface area contributed by atoms with Gasteiger partial charge in [-0.1, -0.05) is 0 Å². The summed E-state index contributed by atoms with van der Waals surface area (Å²) in [6, 6.07) is 35.5. The summed E-state index contributed by atoms with van der Waals surface area (Å²) in [6.45, 7) is 0. The summed E-state index contributed by atoms with van der Waals surface area (Å²) in [5, 5.41) is 2.86. The van der Waals surface area contributed by atoms with Gasteiger partial charge in [0.15, 0.2) is 0 Å². The third-order valence-electron chi connectivity index (χ3n) is 4.78. The molecule has 5 rings (SSSR count). The van der Waals surface area contributed by atoms with Gasteiger partial charge in [-0.3, -0.25) is 0 Å². The van der Waals surface area contributed by atoms with Gasteiger partial charge in [0.05, 0.1) is 0 Å². The van der Waals surface area contributed by atoms with Crippen molar-refractivity contribution in [3.63, 3.8) is 0 Å². The Balaban J connectivity index is 0.00000180. The predicted octanol–water partition coefficient (Wildman–Crippen LogP) is 4.16. The van der Waals surface area contributed by atoms with Crippen molar-refractivity contribution in [2.45, 2.75) is 0 Å². The Morgan fingerprint density at radius 3 is 1.63 bits per heavy atom. The molecule has 1 heterocycles. The fourth-order valence-electron chi connectivity index (χ4n) is 3.64. The Labute approximate surface area is 184 Å². The Bertz CT molecular complexity index is 1200. The second kappa shape index (κ2) is 7.94. The monoisotopic (exact) mass is 592 g/mol. The molecule has 0 spiro atoms. The first-order valence-corrected chi connectivity index (χ1v) is 12.9. The molecule has 0 unspecified atom stereocenters. The Morgan fingerprint density at radius 2 is 1.00 bits per heavy atom. The SMILES string of the molecule is Brc1ccccc1-c1ccccc1-[te+]1c2ccccc2c2ccccc21.[Br-]. The maximum Gasteiger partial charge on any atom is -1.00 e. The molecule has 0 radical (unpaired) electrons. The summed E-state index contributed by atoms with van der Waals surface area (Å²) in [7, 11) is 0. The van der Waals surface area contributed by atoms with E-state index in [1.54, 1.807) is 6.80 Å². The van der Waals surface area contributed by atoms with Gasteiger partial charge in [-0.05, 0) is 0 Å². The molecule has 132 valence electrons. The standard InChI is InChI=1S/C24H16BrTe.BrH/c25-21-13-5-1-9-17(21)18-10-2-6-14-22(18)26-23-15-7-3-11-19(23)20-12-4-8-16-24(20)26;/h1-16H;1H/q+1;/p-1. The summed E-state index contributed by atoms with van der Waals surface area (Å²) in [4.78, 5) is 0. The third kappa shape index (κ3) is 3.22. The summed E-state index contributed by atoms with van der Waals surface area (Å²) in [6.07, 6.45) is 0. The van der Waals surface area contributed by atoms with E-state index in [-0.39, 0.29) is 17.0 Å². The van der Waals surface area contributed by atoms with Gasteiger partial charge in [0.25, 0.3) is 0 Å². The van der Waals surface area contributed by atoms with Gasteiger partial charge in [-0.15, -0.1) is 0 Å². The minimum Gasteiger partial charge on any atom is -1.00 e. The van der Waals surface area contributed by atoms with Crippen molar-refractivity contribution < 1.29 is 17.0 Å². The van der Waals surface area contributed by atoms with Gasteiger partial charge < -0.3 is 17.0 Å². The van der Waals surface area contributed by atoms with Crippen LogP contribution in [0.25, 0.3) is 32.3 Å². The molecule has 0 aliphatic carbocycles. The number of fused-ring (bicyclic) bond motifs is 3. The summed E-state index contributed by atoms with van der Waals surface area (Å²) >= 11 is 1.88. The normalized spacial score (nSPS) is 10.9. The van der Waals surface area contributed by atoms with E-state index in [9.17, 15) is 0 Å². The van der Waals surface area contributed by atoms with Gasteiger partial charge >= 0.3 is 169 Å². The van der Waals surface area contributed by atoms with Crippen LogP contribution in [0, 0.1) is 0 Å². The van der Waals surface area contributed by atoms with Gasteiger partial charge in [0, 0.05) is 0 Å². The molecule has 0 fully saturated rings. The van der Waals surface area contributed by atoms with E-state index in [4.69, 9.17) is 0 Å². The molecule has 4 aromatic carbocycles. The average molecular weight is 592 g/mol. The van der Waals surface area contributed by atoms with Crippen molar-refractivity contribution in [2.24, 2.45) is 0 Å². The molecule has 1 aromatic heterocycles. The zero-order chi connectivity index (χ0) is 17.5. The Kier molecular flexibility index (Phi) is 5.57. The first kappa shape index (κ1) is 19.0. The molecule has 0 saturated heterocycles. The van der Waals surface area contributed by atoms with Crippen LogP contribution in [-0.2, 0) is 0 Å². The van der Waals surface area contributed by atoms with Crippen LogP contribution >= 0.6 is 15.9 Å². The first-order chi connectivity index (χ1) is 12.8. The summed E-state index contributed by atoms with van der Waals surface area (Å²) in [5.74, 6) is 0. The van der Waals surface area contributed by atoms with E-state index in [0.717, 1.165) is 4.47 Å². The summed E-state index contributed by atoms with van der Waals surface area (Å²) in [5.41, 5.74) is 2.65. The fourth-order valence-corrected chi connectivity index (χ4v) is 11.4. The molecule has 0 bridgehead atoms. The van der Waals surface area contributed by atoms with Crippen LogP contribution in [0.1, 0.15) is 0 Å². The number of rotatable bonds is 2. The van der Waals surface area contributed by atoms with Crippen LogP contribution < -0.4 is 17.0 Å². The van der Waals surface area contributed by atoms with Crippen LogP contribution in [-0.4, -0.2) is 19.1 Å². The van der Waals surface area contributed by atoms with E-state index < -0.39 is 19.1 Å². The second-order valence-electron chi connectivity index (χ2n) is 6.27. The first-order valence-electron chi connectivity index (χ1n) is 8.61. The van der Waals surface area contributed by atoms with Crippen molar-refractivity contribution in [2.75, 3.05) is 0 Å². The maximum atomic E-state index is 3.76. The topological polar surface area (TPSA) is 0 Å². The van der Waals surface area contributed by atoms with Crippen molar-refractivity contribution in [3.05, 3.63) is 102 Å². The Hall–Kier alpha value is -1.37. The van der Waals surface area contributed by atoms with Crippen molar-refractivity contribution >= 4 is 52.6 Å². The minimum absolute atomic E-state index is 0. The van der Waals surface area contributed by atoms with E-state index in [0.29, 0.717) is 0 Å². The van der Waals surface area contributed by atoms with E-state index in [2.05, 4.69) is 113 Å². The van der Waals surface area contributed by atoms with Crippen LogP contribution in [0.15, 0.2) is 102 Å². The minimum atomic E-state index is -1.88. The molecule has 0 aliphatic heterocycles. The van der Waals surface area contributed by atoms with Gasteiger partial charge in [0.2, 0.25) is 0 Å². The number of hydrogen-bond acceptors (Lipinski definition) is 0. The van der Waals surface area contributed by atoms with Gasteiger partial charge in [-0.25, -0.2) is 0 Å². The number of hydrogen-bond donors (Lipinski definition) is 0. The molecule has 5 aromatic rings. The van der Waals surface area contributed by atoms with Crippen molar-refractivity contribution in [1.29, 1.82) is 0 Å². The van der Waals surface area contributed by atoms with Crippen molar-refractivity contribution in [3.8, 4) is 14.7 Å². The second-order valence-corrected chi connectivity index (χ2v) is 12.6. The maximum absolute atomic E-state index is 3.76. The fraction of sp³-hybridized carbons (Fsp3) is 0. The molecular weight excluding hydrogens is 576 g/mol. The van der Waals surface area contributed by atoms with Gasteiger partial charge in [0.1, 0.15) is 0 Å². The predicted molar refractivity (Wildman–Crippen MR) is 117 cm³/mol. The van der Waals surface area contributed by atoms with Crippen LogP contribution in [0.2, 0.25) is 0 Å². The molecule has 0 aliphatic rings. The van der Waals surface area contributed by atoms with E-state index in [1.165, 1.54) is 25.5 Å². The molecule has 0 saturated carbocycles. The molecule has 0 N–H and O–H groups in total. The van der Waals surface area contributed by atoms with E-state index >= 15 is 0 Å². The smallest absolute Gasteiger partial charge is 1.00 e. The molecule has 3 heteroatoms. The largest absolute Gasteiger partial charge is 1.00 e. The average Bonchev–Trinajstić information content (AvgIpc) is 3.03. The molecule has 0 nitrogen and oxygen atoms in total. The van der Waals surface area contributed by atoms with Crippen LogP contribution in [0.3, 0.4) is 0 Å². The molecule has 0 atom stereocenters. The molecule has 0 amide bonds. The Morgan fingerprint density at radius 1 is 0.519 bits per heavy atom. The number of benzene rings is 4. The third-order valence-corrected chi connectivity index (χ3v) is 12.3. The van der Waals surface area contributed by atoms with Crippen molar-refractivity contribution in [1.82, 2.24) is 0 Å². The molecule has 27 heavy (non-hydrogen) atoms. The zero-order valence-corrected chi connectivity index (χ0v) is 19.9. The van der Waals surface area contributed by atoms with E-state index in [1.807, 2.05) is 0 Å². The zero-order valence-electron chi connectivity index (χ0n) is 14.4.